The number of amides is 1. The number of aryl methyl sites for hydroxylation is 1. The zero-order valence-electron chi connectivity index (χ0n) is 11.7. The molecule has 0 fully saturated rings. The second-order valence-corrected chi connectivity index (χ2v) is 4.76. The molecule has 1 amide bonds. The van der Waals surface area contributed by atoms with E-state index < -0.39 is 0 Å². The summed E-state index contributed by atoms with van der Waals surface area (Å²) >= 11 is 0. The van der Waals surface area contributed by atoms with Gasteiger partial charge in [-0.3, -0.25) is 4.79 Å². The molecule has 1 N–H and O–H groups in total. The van der Waals surface area contributed by atoms with Crippen LogP contribution in [0.4, 0.5) is 0 Å². The summed E-state index contributed by atoms with van der Waals surface area (Å²) in [5.41, 5.74) is 3.92. The highest BCUT2D eigenvalue weighted by molar-refractivity contribution is 5.93. The average Bonchev–Trinajstić information content (AvgIpc) is 2.54. The van der Waals surface area contributed by atoms with Crippen molar-refractivity contribution in [2.45, 2.75) is 0 Å². The van der Waals surface area contributed by atoms with Gasteiger partial charge in [-0.2, -0.15) is 5.10 Å². The minimum atomic E-state index is -0.219. The van der Waals surface area contributed by atoms with Crippen LogP contribution in [0.3, 0.4) is 0 Å². The molecule has 0 aliphatic rings. The Kier molecular flexibility index (Phi) is 3.51. The van der Waals surface area contributed by atoms with Crippen molar-refractivity contribution in [3.63, 3.8) is 0 Å². The van der Waals surface area contributed by atoms with Crippen LogP contribution in [-0.2, 0) is 7.05 Å². The predicted molar refractivity (Wildman–Crippen MR) is 82.4 cm³/mol. The van der Waals surface area contributed by atoms with Crippen molar-refractivity contribution >= 4 is 16.7 Å². The number of benzene rings is 2. The third-order valence-corrected chi connectivity index (χ3v) is 3.31. The number of hydrogen-bond acceptors (Lipinski definition) is 2. The molecule has 0 saturated carbocycles. The number of fused-ring (bicyclic) bond motifs is 1. The SMILES string of the molecule is Cn1ccc2ccccc2/c1=N\NC(=O)c1ccccc1. The average molecular weight is 277 g/mol. The van der Waals surface area contributed by atoms with Crippen LogP contribution in [0.5, 0.6) is 0 Å². The van der Waals surface area contributed by atoms with E-state index in [1.807, 2.05) is 66.3 Å². The van der Waals surface area contributed by atoms with E-state index >= 15 is 0 Å². The highest BCUT2D eigenvalue weighted by Crippen LogP contribution is 2.07. The number of nitrogens with zero attached hydrogens (tertiary/aromatic N) is 2. The van der Waals surface area contributed by atoms with Gasteiger partial charge in [0.05, 0.1) is 0 Å². The zero-order valence-corrected chi connectivity index (χ0v) is 11.7. The van der Waals surface area contributed by atoms with Gasteiger partial charge in [0.15, 0.2) is 5.49 Å². The van der Waals surface area contributed by atoms with Crippen molar-refractivity contribution < 1.29 is 4.79 Å². The van der Waals surface area contributed by atoms with Crippen molar-refractivity contribution in [1.29, 1.82) is 0 Å². The lowest BCUT2D eigenvalue weighted by Crippen LogP contribution is -2.26. The third-order valence-electron chi connectivity index (χ3n) is 3.31. The summed E-state index contributed by atoms with van der Waals surface area (Å²) in [6.07, 6.45) is 1.93. The van der Waals surface area contributed by atoms with Gasteiger partial charge in [0.2, 0.25) is 0 Å². The van der Waals surface area contributed by atoms with E-state index in [0.717, 1.165) is 16.3 Å². The maximum Gasteiger partial charge on any atom is 0.271 e. The van der Waals surface area contributed by atoms with E-state index in [0.29, 0.717) is 5.56 Å². The minimum Gasteiger partial charge on any atom is -0.334 e. The summed E-state index contributed by atoms with van der Waals surface area (Å²) in [6.45, 7) is 0. The largest absolute Gasteiger partial charge is 0.334 e. The summed E-state index contributed by atoms with van der Waals surface area (Å²) in [6, 6.07) is 19.0. The molecule has 0 saturated heterocycles. The van der Waals surface area contributed by atoms with Crippen LogP contribution in [0, 0.1) is 0 Å². The molecule has 0 aliphatic carbocycles. The monoisotopic (exact) mass is 277 g/mol. The maximum atomic E-state index is 12.1. The Hall–Kier alpha value is -2.88. The molecular weight excluding hydrogens is 262 g/mol. The summed E-state index contributed by atoms with van der Waals surface area (Å²) in [5, 5.41) is 6.36. The number of carbonyl (C=O) groups is 1. The van der Waals surface area contributed by atoms with E-state index in [2.05, 4.69) is 10.5 Å². The fourth-order valence-electron chi connectivity index (χ4n) is 2.20. The third kappa shape index (κ3) is 2.69. The Morgan fingerprint density at radius 3 is 2.52 bits per heavy atom. The quantitative estimate of drug-likeness (QED) is 0.718. The van der Waals surface area contributed by atoms with E-state index in [1.165, 1.54) is 0 Å². The first-order valence-corrected chi connectivity index (χ1v) is 6.69. The van der Waals surface area contributed by atoms with Crippen molar-refractivity contribution in [1.82, 2.24) is 9.99 Å². The van der Waals surface area contributed by atoms with Crippen molar-refractivity contribution in [3.8, 4) is 0 Å². The van der Waals surface area contributed by atoms with Crippen LogP contribution in [0.2, 0.25) is 0 Å². The Balaban J connectivity index is 2.01. The molecule has 3 aromatic rings. The predicted octanol–water partition coefficient (Wildman–Crippen LogP) is 2.42. The molecule has 0 unspecified atom stereocenters. The highest BCUT2D eigenvalue weighted by atomic mass is 16.2. The Labute approximate surface area is 122 Å². The molecule has 0 atom stereocenters. The molecule has 0 spiro atoms. The molecule has 0 radical (unpaired) electrons. The molecule has 4 heteroatoms. The van der Waals surface area contributed by atoms with Crippen molar-refractivity contribution in [2.24, 2.45) is 12.1 Å². The van der Waals surface area contributed by atoms with Gasteiger partial charge in [-0.25, -0.2) is 5.43 Å². The topological polar surface area (TPSA) is 46.4 Å². The molecule has 2 aromatic carbocycles. The first-order valence-electron chi connectivity index (χ1n) is 6.69. The summed E-state index contributed by atoms with van der Waals surface area (Å²) in [5.74, 6) is -0.219. The molecule has 4 nitrogen and oxygen atoms in total. The van der Waals surface area contributed by atoms with Crippen LogP contribution in [0.1, 0.15) is 10.4 Å². The molecule has 1 heterocycles. The Morgan fingerprint density at radius 2 is 1.71 bits per heavy atom. The lowest BCUT2D eigenvalue weighted by molar-refractivity contribution is 0.0953. The fraction of sp³-hybridized carbons (Fsp3) is 0.0588. The number of nitrogens with one attached hydrogen (secondary N) is 1. The van der Waals surface area contributed by atoms with Crippen LogP contribution >= 0.6 is 0 Å². The van der Waals surface area contributed by atoms with Gasteiger partial charge in [-0.05, 0) is 23.6 Å². The van der Waals surface area contributed by atoms with Crippen LogP contribution in [-0.4, -0.2) is 10.5 Å². The number of aromatic nitrogens is 1. The lowest BCUT2D eigenvalue weighted by Gasteiger charge is -2.05. The number of hydrogen-bond donors (Lipinski definition) is 1. The van der Waals surface area contributed by atoms with Gasteiger partial charge in [-0.15, -0.1) is 0 Å². The van der Waals surface area contributed by atoms with Gasteiger partial charge in [-0.1, -0.05) is 42.5 Å². The first-order chi connectivity index (χ1) is 10.3. The smallest absolute Gasteiger partial charge is 0.271 e. The van der Waals surface area contributed by atoms with E-state index in [1.54, 1.807) is 12.1 Å². The minimum absolute atomic E-state index is 0.219. The maximum absolute atomic E-state index is 12.1. The molecule has 0 aliphatic heterocycles. The second kappa shape index (κ2) is 5.63. The van der Waals surface area contributed by atoms with Crippen molar-refractivity contribution in [3.05, 3.63) is 77.9 Å². The number of pyridine rings is 1. The first kappa shape index (κ1) is 13.1. The van der Waals surface area contributed by atoms with Gasteiger partial charge in [0.25, 0.3) is 5.91 Å². The zero-order chi connectivity index (χ0) is 14.7. The Morgan fingerprint density at radius 1 is 1.00 bits per heavy atom. The summed E-state index contributed by atoms with van der Waals surface area (Å²) in [7, 11) is 1.90. The van der Waals surface area contributed by atoms with Gasteiger partial charge in [0, 0.05) is 24.2 Å². The molecule has 104 valence electrons. The molecule has 3 rings (SSSR count). The molecular formula is C17H15N3O. The van der Waals surface area contributed by atoms with Crippen LogP contribution in [0.25, 0.3) is 10.8 Å². The normalized spacial score (nSPS) is 11.6. The summed E-state index contributed by atoms with van der Waals surface area (Å²) in [4.78, 5) is 12.1. The number of rotatable bonds is 2. The van der Waals surface area contributed by atoms with Gasteiger partial charge in [0.1, 0.15) is 0 Å². The van der Waals surface area contributed by atoms with Crippen LogP contribution in [0.15, 0.2) is 72.0 Å². The van der Waals surface area contributed by atoms with E-state index in [9.17, 15) is 4.79 Å². The van der Waals surface area contributed by atoms with Crippen LogP contribution < -0.4 is 10.9 Å². The molecule has 1 aromatic heterocycles. The standard InChI is InChI=1S/C17H15N3O/c1-20-12-11-13-7-5-6-10-15(13)16(20)18-19-17(21)14-8-3-2-4-9-14/h2-12H,1H3,(H,19,21)/b18-16+. The van der Waals surface area contributed by atoms with E-state index in [4.69, 9.17) is 0 Å². The Bertz CT molecular complexity index is 851. The van der Waals surface area contributed by atoms with E-state index in [-0.39, 0.29) is 5.91 Å². The fourth-order valence-corrected chi connectivity index (χ4v) is 2.20. The second-order valence-electron chi connectivity index (χ2n) is 4.76. The summed E-state index contributed by atoms with van der Waals surface area (Å²) < 4.78 is 1.88. The molecule has 0 bridgehead atoms. The van der Waals surface area contributed by atoms with Gasteiger partial charge < -0.3 is 4.57 Å². The lowest BCUT2D eigenvalue weighted by atomic mass is 10.2. The number of carbonyl (C=O) groups excluding carboxylic acids is 1. The molecule has 21 heavy (non-hydrogen) atoms. The van der Waals surface area contributed by atoms with Gasteiger partial charge >= 0.3 is 0 Å². The highest BCUT2D eigenvalue weighted by Gasteiger charge is 2.03. The van der Waals surface area contributed by atoms with Crippen molar-refractivity contribution in [2.75, 3.05) is 0 Å².